The molecule has 2 rings (SSSR count). The van der Waals surface area contributed by atoms with Gasteiger partial charge in [0.15, 0.2) is 0 Å². The summed E-state index contributed by atoms with van der Waals surface area (Å²) in [4.78, 5) is 24.3. The maximum absolute atomic E-state index is 12.3. The first kappa shape index (κ1) is 22.2. The van der Waals surface area contributed by atoms with Gasteiger partial charge < -0.3 is 25.4 Å². The van der Waals surface area contributed by atoms with E-state index in [-0.39, 0.29) is 18.4 Å². The zero-order valence-electron chi connectivity index (χ0n) is 17.2. The third kappa shape index (κ3) is 7.83. The first-order chi connectivity index (χ1) is 14.0. The minimum Gasteiger partial charge on any atom is -0.491 e. The number of hydrogen-bond acceptors (Lipinski definition) is 5. The van der Waals surface area contributed by atoms with Crippen LogP contribution in [0.25, 0.3) is 0 Å². The van der Waals surface area contributed by atoms with Crippen molar-refractivity contribution in [2.24, 2.45) is 5.92 Å². The SMILES string of the molecule is COCCNC(=O)c1ccc(NCC(=O)Nc2ccccc2OCC(C)C)cc1. The average Bonchev–Trinajstić information content (AvgIpc) is 2.72. The van der Waals surface area contributed by atoms with Crippen LogP contribution in [0.5, 0.6) is 5.75 Å². The Morgan fingerprint density at radius 2 is 1.76 bits per heavy atom. The van der Waals surface area contributed by atoms with Crippen LogP contribution in [-0.2, 0) is 9.53 Å². The van der Waals surface area contributed by atoms with Crippen molar-refractivity contribution in [2.45, 2.75) is 13.8 Å². The second-order valence-electron chi connectivity index (χ2n) is 6.93. The van der Waals surface area contributed by atoms with E-state index in [4.69, 9.17) is 9.47 Å². The summed E-state index contributed by atoms with van der Waals surface area (Å²) in [5, 5.41) is 8.67. The normalized spacial score (nSPS) is 10.5. The molecule has 0 heterocycles. The molecule has 0 saturated heterocycles. The Bertz CT molecular complexity index is 791. The zero-order chi connectivity index (χ0) is 21.1. The molecule has 0 fully saturated rings. The lowest BCUT2D eigenvalue weighted by Gasteiger charge is -2.14. The predicted octanol–water partition coefficient (Wildman–Crippen LogP) is 3.15. The molecule has 0 saturated carbocycles. The van der Waals surface area contributed by atoms with E-state index >= 15 is 0 Å². The highest BCUT2D eigenvalue weighted by atomic mass is 16.5. The fraction of sp³-hybridized carbons (Fsp3) is 0.364. The molecule has 7 heteroatoms. The Morgan fingerprint density at radius 1 is 1.03 bits per heavy atom. The number of nitrogens with one attached hydrogen (secondary N) is 3. The maximum atomic E-state index is 12.3. The van der Waals surface area contributed by atoms with E-state index in [2.05, 4.69) is 29.8 Å². The molecule has 3 N–H and O–H groups in total. The molecule has 7 nitrogen and oxygen atoms in total. The highest BCUT2D eigenvalue weighted by molar-refractivity contribution is 5.96. The quantitative estimate of drug-likeness (QED) is 0.505. The predicted molar refractivity (Wildman–Crippen MR) is 115 cm³/mol. The van der Waals surface area contributed by atoms with Crippen LogP contribution in [0.3, 0.4) is 0 Å². The van der Waals surface area contributed by atoms with Crippen molar-refractivity contribution in [3.8, 4) is 5.75 Å². The van der Waals surface area contributed by atoms with E-state index < -0.39 is 0 Å². The lowest BCUT2D eigenvalue weighted by molar-refractivity contribution is -0.114. The molecular formula is C22H29N3O4. The van der Waals surface area contributed by atoms with Crippen LogP contribution in [-0.4, -0.2) is 45.2 Å². The molecule has 0 spiro atoms. The van der Waals surface area contributed by atoms with Crippen LogP contribution < -0.4 is 20.7 Å². The van der Waals surface area contributed by atoms with Gasteiger partial charge in [-0.2, -0.15) is 0 Å². The number of benzene rings is 2. The van der Waals surface area contributed by atoms with Gasteiger partial charge in [0.2, 0.25) is 5.91 Å². The lowest BCUT2D eigenvalue weighted by Crippen LogP contribution is -2.26. The van der Waals surface area contributed by atoms with Crippen LogP contribution in [0.15, 0.2) is 48.5 Å². The van der Waals surface area contributed by atoms with Gasteiger partial charge in [0.1, 0.15) is 5.75 Å². The topological polar surface area (TPSA) is 88.7 Å². The molecule has 0 atom stereocenters. The van der Waals surface area contributed by atoms with Gasteiger partial charge in [-0.25, -0.2) is 0 Å². The average molecular weight is 399 g/mol. The summed E-state index contributed by atoms with van der Waals surface area (Å²) in [5.41, 5.74) is 1.94. The highest BCUT2D eigenvalue weighted by Gasteiger charge is 2.09. The molecular weight excluding hydrogens is 370 g/mol. The van der Waals surface area contributed by atoms with Crippen molar-refractivity contribution in [2.75, 3.05) is 44.0 Å². The Hall–Kier alpha value is -3.06. The number of carbonyl (C=O) groups is 2. The van der Waals surface area contributed by atoms with Gasteiger partial charge in [-0.1, -0.05) is 26.0 Å². The zero-order valence-corrected chi connectivity index (χ0v) is 17.2. The number of rotatable bonds is 11. The molecule has 29 heavy (non-hydrogen) atoms. The summed E-state index contributed by atoms with van der Waals surface area (Å²) in [6, 6.07) is 14.3. The Kier molecular flexibility index (Phi) is 8.98. The number of para-hydroxylation sites is 2. The van der Waals surface area contributed by atoms with Gasteiger partial charge in [0.05, 0.1) is 25.4 Å². The standard InChI is InChI=1S/C22H29N3O4/c1-16(2)15-29-20-7-5-4-6-19(20)25-21(26)14-24-18-10-8-17(9-11-18)22(27)23-12-13-28-3/h4-11,16,24H,12-15H2,1-3H3,(H,23,27)(H,25,26). The summed E-state index contributed by atoms with van der Waals surface area (Å²) in [6.07, 6.45) is 0. The number of amides is 2. The summed E-state index contributed by atoms with van der Waals surface area (Å²) < 4.78 is 10.7. The molecule has 0 radical (unpaired) electrons. The minimum absolute atomic E-state index is 0.0951. The molecule has 2 aromatic carbocycles. The number of methoxy groups -OCH3 is 1. The van der Waals surface area contributed by atoms with E-state index in [1.165, 1.54) is 0 Å². The Labute approximate surface area is 171 Å². The monoisotopic (exact) mass is 399 g/mol. The molecule has 2 amide bonds. The van der Waals surface area contributed by atoms with Gasteiger partial charge in [0, 0.05) is 24.9 Å². The maximum Gasteiger partial charge on any atom is 0.251 e. The van der Waals surface area contributed by atoms with Crippen molar-refractivity contribution in [1.29, 1.82) is 0 Å². The lowest BCUT2D eigenvalue weighted by atomic mass is 10.2. The Balaban J connectivity index is 1.84. The second-order valence-corrected chi connectivity index (χ2v) is 6.93. The van der Waals surface area contributed by atoms with Crippen molar-refractivity contribution in [3.05, 3.63) is 54.1 Å². The van der Waals surface area contributed by atoms with Gasteiger partial charge in [-0.15, -0.1) is 0 Å². The number of hydrogen-bond donors (Lipinski definition) is 3. The van der Waals surface area contributed by atoms with Crippen LogP contribution in [0.1, 0.15) is 24.2 Å². The molecule has 0 bridgehead atoms. The number of carbonyl (C=O) groups excluding carboxylic acids is 2. The number of anilines is 2. The molecule has 0 aliphatic heterocycles. The Morgan fingerprint density at radius 3 is 2.45 bits per heavy atom. The van der Waals surface area contributed by atoms with Crippen LogP contribution in [0.2, 0.25) is 0 Å². The second kappa shape index (κ2) is 11.7. The summed E-state index contributed by atoms with van der Waals surface area (Å²) in [7, 11) is 1.58. The van der Waals surface area contributed by atoms with E-state index in [1.54, 1.807) is 31.4 Å². The van der Waals surface area contributed by atoms with Crippen LogP contribution in [0.4, 0.5) is 11.4 Å². The smallest absolute Gasteiger partial charge is 0.251 e. The summed E-state index contributed by atoms with van der Waals surface area (Å²) in [6.45, 7) is 5.73. The first-order valence-electron chi connectivity index (χ1n) is 9.62. The summed E-state index contributed by atoms with van der Waals surface area (Å²) >= 11 is 0. The van der Waals surface area contributed by atoms with Gasteiger partial charge in [-0.3, -0.25) is 9.59 Å². The minimum atomic E-state index is -0.188. The van der Waals surface area contributed by atoms with Gasteiger partial charge in [0.25, 0.3) is 5.91 Å². The molecule has 156 valence electrons. The van der Waals surface area contributed by atoms with Crippen molar-refractivity contribution < 1.29 is 19.1 Å². The van der Waals surface area contributed by atoms with E-state index in [9.17, 15) is 9.59 Å². The van der Waals surface area contributed by atoms with E-state index in [0.29, 0.717) is 42.7 Å². The van der Waals surface area contributed by atoms with Gasteiger partial charge >= 0.3 is 0 Å². The highest BCUT2D eigenvalue weighted by Crippen LogP contribution is 2.24. The molecule has 0 aliphatic rings. The molecule has 0 aliphatic carbocycles. The van der Waals surface area contributed by atoms with Crippen molar-refractivity contribution in [1.82, 2.24) is 5.32 Å². The van der Waals surface area contributed by atoms with E-state index in [1.807, 2.05) is 24.3 Å². The van der Waals surface area contributed by atoms with E-state index in [0.717, 1.165) is 5.69 Å². The third-order valence-corrected chi connectivity index (χ3v) is 3.93. The van der Waals surface area contributed by atoms with Crippen LogP contribution >= 0.6 is 0 Å². The number of ether oxygens (including phenoxy) is 2. The van der Waals surface area contributed by atoms with Crippen molar-refractivity contribution >= 4 is 23.2 Å². The first-order valence-corrected chi connectivity index (χ1v) is 9.62. The molecule has 2 aromatic rings. The largest absolute Gasteiger partial charge is 0.491 e. The van der Waals surface area contributed by atoms with Crippen molar-refractivity contribution in [3.63, 3.8) is 0 Å². The fourth-order valence-corrected chi connectivity index (χ4v) is 2.44. The van der Waals surface area contributed by atoms with Crippen LogP contribution in [0, 0.1) is 5.92 Å². The summed E-state index contributed by atoms with van der Waals surface area (Å²) in [5.74, 6) is 0.695. The molecule has 0 aromatic heterocycles. The molecule has 0 unspecified atom stereocenters. The third-order valence-electron chi connectivity index (χ3n) is 3.93. The fourth-order valence-electron chi connectivity index (χ4n) is 2.44. The van der Waals surface area contributed by atoms with Gasteiger partial charge in [-0.05, 0) is 42.3 Å².